The zero-order valence-corrected chi connectivity index (χ0v) is 24.8. The summed E-state index contributed by atoms with van der Waals surface area (Å²) in [4.78, 5) is 42.0. The molecule has 1 fully saturated rings. The molecule has 2 N–H and O–H groups in total. The number of carbonyl (C=O) groups is 2. The van der Waals surface area contributed by atoms with Gasteiger partial charge in [-0.3, -0.25) is 14.5 Å². The van der Waals surface area contributed by atoms with Crippen molar-refractivity contribution in [1.29, 1.82) is 0 Å². The predicted octanol–water partition coefficient (Wildman–Crippen LogP) is 4.26. The van der Waals surface area contributed by atoms with Crippen molar-refractivity contribution >= 4 is 23.0 Å². The molecule has 42 heavy (non-hydrogen) atoms. The highest BCUT2D eigenvalue weighted by Gasteiger charge is 2.22. The molecule has 0 aliphatic carbocycles. The summed E-state index contributed by atoms with van der Waals surface area (Å²) in [5.74, 6) is 0.0880. The first kappa shape index (κ1) is 28.1. The van der Waals surface area contributed by atoms with Crippen molar-refractivity contribution in [2.24, 2.45) is 0 Å². The van der Waals surface area contributed by atoms with Crippen LogP contribution in [-0.2, 0) is 22.5 Å². The number of hydrogen-bond donors (Lipinski definition) is 2. The van der Waals surface area contributed by atoms with Gasteiger partial charge in [-0.1, -0.05) is 12.1 Å². The molecule has 4 aromatic rings. The molecule has 4 heterocycles. The minimum absolute atomic E-state index is 0.0103. The van der Waals surface area contributed by atoms with Gasteiger partial charge in [0, 0.05) is 69.6 Å². The molecule has 0 saturated carbocycles. The first-order valence-corrected chi connectivity index (χ1v) is 14.7. The van der Waals surface area contributed by atoms with E-state index in [0.717, 1.165) is 78.2 Å². The number of carbonyl (C=O) groups excluding carboxylic acids is 2. The molecule has 2 aliphatic heterocycles. The Balaban J connectivity index is 1.23. The number of rotatable bonds is 7. The fourth-order valence-corrected chi connectivity index (χ4v) is 6.09. The highest BCUT2D eigenvalue weighted by Crippen LogP contribution is 2.32. The summed E-state index contributed by atoms with van der Waals surface area (Å²) in [6, 6.07) is 10.5. The molecule has 0 bridgehead atoms. The van der Waals surface area contributed by atoms with Crippen LogP contribution in [0.5, 0.6) is 0 Å². The number of ether oxygens (including phenoxy) is 1. The van der Waals surface area contributed by atoms with Crippen molar-refractivity contribution in [3.63, 3.8) is 0 Å². The van der Waals surface area contributed by atoms with Crippen molar-refractivity contribution < 1.29 is 14.3 Å². The first-order valence-electron chi connectivity index (χ1n) is 14.7. The highest BCUT2D eigenvalue weighted by molar-refractivity contribution is 5.97. The van der Waals surface area contributed by atoms with Crippen molar-refractivity contribution in [3.8, 4) is 22.4 Å². The third-order valence-corrected chi connectivity index (χ3v) is 8.44. The van der Waals surface area contributed by atoms with Crippen LogP contribution in [0.3, 0.4) is 0 Å². The van der Waals surface area contributed by atoms with Gasteiger partial charge in [-0.25, -0.2) is 9.97 Å². The quantitative estimate of drug-likeness (QED) is 0.347. The van der Waals surface area contributed by atoms with E-state index in [-0.39, 0.29) is 17.9 Å². The van der Waals surface area contributed by atoms with E-state index in [0.29, 0.717) is 18.6 Å². The molecule has 0 spiro atoms. The van der Waals surface area contributed by atoms with Crippen LogP contribution in [0.2, 0.25) is 0 Å². The zero-order chi connectivity index (χ0) is 29.4. The van der Waals surface area contributed by atoms with E-state index in [2.05, 4.69) is 34.3 Å². The van der Waals surface area contributed by atoms with Crippen molar-refractivity contribution in [2.75, 3.05) is 40.4 Å². The Kier molecular flexibility index (Phi) is 7.79. The van der Waals surface area contributed by atoms with Gasteiger partial charge in [0.25, 0.3) is 5.91 Å². The van der Waals surface area contributed by atoms with Gasteiger partial charge in [0.2, 0.25) is 5.91 Å². The topological polar surface area (TPSA) is 103 Å². The Morgan fingerprint density at radius 3 is 2.74 bits per heavy atom. The summed E-state index contributed by atoms with van der Waals surface area (Å²) in [6.45, 7) is 7.97. The second-order valence-electron chi connectivity index (χ2n) is 11.7. The number of hydrogen-bond acceptors (Lipinski definition) is 6. The van der Waals surface area contributed by atoms with E-state index in [1.807, 2.05) is 37.5 Å². The van der Waals surface area contributed by atoms with Gasteiger partial charge < -0.3 is 19.9 Å². The van der Waals surface area contributed by atoms with E-state index in [9.17, 15) is 9.59 Å². The summed E-state index contributed by atoms with van der Waals surface area (Å²) < 4.78 is 5.37. The summed E-state index contributed by atoms with van der Waals surface area (Å²) >= 11 is 0. The van der Waals surface area contributed by atoms with Gasteiger partial charge in [0.15, 0.2) is 5.65 Å². The van der Waals surface area contributed by atoms with Crippen LogP contribution in [0.1, 0.15) is 45.5 Å². The number of nitrogens with one attached hydrogen (secondary N) is 2. The summed E-state index contributed by atoms with van der Waals surface area (Å²) in [6.07, 6.45) is 6.12. The molecule has 9 nitrogen and oxygen atoms in total. The van der Waals surface area contributed by atoms with E-state index < -0.39 is 0 Å². The molecule has 2 aromatic heterocycles. The molecule has 6 rings (SSSR count). The lowest BCUT2D eigenvalue weighted by Gasteiger charge is -2.30. The number of aromatic amines is 1. The first-order chi connectivity index (χ1) is 20.3. The number of fused-ring (bicyclic) bond motifs is 2. The van der Waals surface area contributed by atoms with Crippen molar-refractivity contribution in [2.45, 2.75) is 45.7 Å². The number of nitrogens with zero attached hydrogens (tertiary/aromatic N) is 4. The molecule has 1 atom stereocenters. The lowest BCUT2D eigenvalue weighted by molar-refractivity contribution is -0.122. The number of H-pyrrole nitrogens is 1. The maximum Gasteiger partial charge on any atom is 0.253 e. The van der Waals surface area contributed by atoms with E-state index >= 15 is 0 Å². The second kappa shape index (κ2) is 11.7. The minimum atomic E-state index is -0.0103. The Morgan fingerprint density at radius 2 is 1.98 bits per heavy atom. The standard InChI is InChI=1S/C33H38N6O3/c1-20-14-23(15-24-18-39(10-7-26(20)24)11-8-30(40)36-25-9-12-42-19-25)29-17-35-32-31(37-29)28(16-34-32)22-5-6-27(21(2)13-22)33(41)38(3)4/h5-6,13-17,25H,7-12,18-19H2,1-4H3,(H,34,35)(H,36,40). The zero-order valence-electron chi connectivity index (χ0n) is 24.8. The predicted molar refractivity (Wildman–Crippen MR) is 163 cm³/mol. The largest absolute Gasteiger partial charge is 0.379 e. The Hall–Kier alpha value is -4.08. The third-order valence-electron chi connectivity index (χ3n) is 8.44. The van der Waals surface area contributed by atoms with Crippen LogP contribution in [-0.4, -0.2) is 83.0 Å². The van der Waals surface area contributed by atoms with Gasteiger partial charge in [-0.15, -0.1) is 0 Å². The molecular formula is C33H38N6O3. The number of amides is 2. The molecule has 1 unspecified atom stereocenters. The maximum atomic E-state index is 12.5. The van der Waals surface area contributed by atoms with E-state index in [1.54, 1.807) is 19.0 Å². The van der Waals surface area contributed by atoms with Crippen LogP contribution in [0.15, 0.2) is 42.7 Å². The average Bonchev–Trinajstić information content (AvgIpc) is 3.65. The summed E-state index contributed by atoms with van der Waals surface area (Å²) in [5.41, 5.74) is 10.9. The van der Waals surface area contributed by atoms with Gasteiger partial charge in [0.05, 0.1) is 24.5 Å². The molecular weight excluding hydrogens is 528 g/mol. The average molecular weight is 567 g/mol. The smallest absolute Gasteiger partial charge is 0.253 e. The molecule has 0 radical (unpaired) electrons. The van der Waals surface area contributed by atoms with Crippen LogP contribution in [0, 0.1) is 13.8 Å². The Morgan fingerprint density at radius 1 is 1.14 bits per heavy atom. The molecule has 9 heteroatoms. The number of benzene rings is 2. The van der Waals surface area contributed by atoms with E-state index in [4.69, 9.17) is 14.7 Å². The molecule has 2 amide bonds. The lowest BCUT2D eigenvalue weighted by Crippen LogP contribution is -2.38. The summed E-state index contributed by atoms with van der Waals surface area (Å²) in [7, 11) is 3.53. The Bertz CT molecular complexity index is 1650. The SMILES string of the molecule is Cc1cc(-c2c[nH]c3ncc(-c4cc(C)c5c(c4)CN(CCC(=O)NC4CCOC4)CC5)nc23)ccc1C(=O)N(C)C. The van der Waals surface area contributed by atoms with Crippen LogP contribution >= 0.6 is 0 Å². The van der Waals surface area contributed by atoms with Gasteiger partial charge >= 0.3 is 0 Å². The van der Waals surface area contributed by atoms with Crippen LogP contribution in [0.25, 0.3) is 33.5 Å². The van der Waals surface area contributed by atoms with Crippen molar-refractivity contribution in [1.82, 2.24) is 30.1 Å². The fourth-order valence-electron chi connectivity index (χ4n) is 6.09. The maximum absolute atomic E-state index is 12.5. The fraction of sp³-hybridized carbons (Fsp3) is 0.394. The van der Waals surface area contributed by atoms with E-state index in [1.165, 1.54) is 16.7 Å². The Labute approximate surface area is 246 Å². The third kappa shape index (κ3) is 5.67. The molecule has 1 saturated heterocycles. The van der Waals surface area contributed by atoms with Crippen LogP contribution in [0.4, 0.5) is 0 Å². The van der Waals surface area contributed by atoms with Crippen molar-refractivity contribution in [3.05, 3.63) is 70.5 Å². The number of aryl methyl sites for hydroxylation is 2. The van der Waals surface area contributed by atoms with Gasteiger partial charge in [0.1, 0.15) is 5.52 Å². The monoisotopic (exact) mass is 566 g/mol. The minimum Gasteiger partial charge on any atom is -0.379 e. The lowest BCUT2D eigenvalue weighted by atomic mass is 9.92. The van der Waals surface area contributed by atoms with Crippen LogP contribution < -0.4 is 5.32 Å². The second-order valence-corrected chi connectivity index (χ2v) is 11.7. The highest BCUT2D eigenvalue weighted by atomic mass is 16.5. The molecule has 218 valence electrons. The normalized spacial score (nSPS) is 16.9. The summed E-state index contributed by atoms with van der Waals surface area (Å²) in [5, 5.41) is 3.10. The van der Waals surface area contributed by atoms with Gasteiger partial charge in [-0.05, 0) is 72.7 Å². The molecule has 2 aromatic carbocycles. The molecule has 2 aliphatic rings. The van der Waals surface area contributed by atoms with Gasteiger partial charge in [-0.2, -0.15) is 0 Å². The number of aromatic nitrogens is 3.